The topological polar surface area (TPSA) is 88.1 Å². The van der Waals surface area contributed by atoms with E-state index in [1.54, 1.807) is 31.4 Å². The molecule has 1 saturated heterocycles. The number of carbonyl (C=O) groups excluding carboxylic acids is 3. The van der Waals surface area contributed by atoms with Gasteiger partial charge in [0.25, 0.3) is 0 Å². The Bertz CT molecular complexity index is 791. The lowest BCUT2D eigenvalue weighted by atomic mass is 9.92. The minimum atomic E-state index is -1.09. The molecule has 0 spiro atoms. The van der Waals surface area contributed by atoms with Gasteiger partial charge in [-0.25, -0.2) is 4.79 Å². The van der Waals surface area contributed by atoms with Crippen LogP contribution in [-0.2, 0) is 9.59 Å². The molecule has 0 aromatic heterocycles. The maximum atomic E-state index is 12.9. The largest absolute Gasteiger partial charge is 0.497 e. The van der Waals surface area contributed by atoms with Crippen molar-refractivity contribution in [2.45, 2.75) is 31.7 Å². The average molecular weight is 355 g/mol. The number of carbonyl (C=O) groups is 3. The van der Waals surface area contributed by atoms with Gasteiger partial charge in [0.2, 0.25) is 11.8 Å². The normalized spacial score (nSPS) is 31.0. The molecule has 136 valence electrons. The van der Waals surface area contributed by atoms with E-state index in [0.29, 0.717) is 23.3 Å². The smallest absolute Gasteiger partial charge is 0.331 e. The molecular formula is C19H21N3O4. The highest BCUT2D eigenvalue weighted by atomic mass is 16.5. The highest BCUT2D eigenvalue weighted by molar-refractivity contribution is 6.23. The second kappa shape index (κ2) is 6.55. The highest BCUT2D eigenvalue weighted by Crippen LogP contribution is 2.47. The van der Waals surface area contributed by atoms with Crippen LogP contribution >= 0.6 is 0 Å². The Kier molecular flexibility index (Phi) is 4.22. The third kappa shape index (κ3) is 2.87. The van der Waals surface area contributed by atoms with Crippen LogP contribution in [0.4, 0.5) is 10.5 Å². The minimum absolute atomic E-state index is 0.0953. The molecule has 3 aliphatic rings. The second-order valence-corrected chi connectivity index (χ2v) is 7.20. The Balaban J connectivity index is 1.55. The number of ether oxygens (including phenoxy) is 1. The van der Waals surface area contributed by atoms with Crippen molar-refractivity contribution < 1.29 is 19.1 Å². The van der Waals surface area contributed by atoms with Gasteiger partial charge in [0.15, 0.2) is 5.92 Å². The van der Waals surface area contributed by atoms with E-state index in [1.165, 1.54) is 17.5 Å². The molecule has 1 aromatic carbocycles. The first-order valence-corrected chi connectivity index (χ1v) is 8.93. The molecule has 0 radical (unpaired) electrons. The van der Waals surface area contributed by atoms with Gasteiger partial charge in [-0.3, -0.25) is 24.8 Å². The fourth-order valence-corrected chi connectivity index (χ4v) is 4.43. The fourth-order valence-electron chi connectivity index (χ4n) is 4.43. The van der Waals surface area contributed by atoms with Crippen LogP contribution in [0.1, 0.15) is 25.7 Å². The molecule has 1 N–H and O–H groups in total. The summed E-state index contributed by atoms with van der Waals surface area (Å²) in [5.74, 6) is -0.587. The zero-order valence-corrected chi connectivity index (χ0v) is 14.6. The molecule has 2 aliphatic carbocycles. The first kappa shape index (κ1) is 16.8. The van der Waals surface area contributed by atoms with Gasteiger partial charge in [-0.15, -0.1) is 0 Å². The molecule has 1 aliphatic heterocycles. The summed E-state index contributed by atoms with van der Waals surface area (Å²) in [6.45, 7) is 0. The molecule has 7 heteroatoms. The van der Waals surface area contributed by atoms with Crippen LogP contribution in [0.5, 0.6) is 5.75 Å². The Morgan fingerprint density at radius 1 is 1.23 bits per heavy atom. The lowest BCUT2D eigenvalue weighted by Crippen LogP contribution is -2.62. The summed E-state index contributed by atoms with van der Waals surface area (Å²) in [4.78, 5) is 42.9. The average Bonchev–Trinajstić information content (AvgIpc) is 3.25. The van der Waals surface area contributed by atoms with Crippen molar-refractivity contribution in [2.75, 3.05) is 7.11 Å². The highest BCUT2D eigenvalue weighted by Gasteiger charge is 2.50. The fraction of sp³-hybridized carbons (Fsp3) is 0.474. The molecular weight excluding hydrogens is 334 g/mol. The number of hydrogen-bond donors (Lipinski definition) is 1. The number of nitrogens with one attached hydrogen (secondary N) is 1. The summed E-state index contributed by atoms with van der Waals surface area (Å²) >= 11 is 0. The van der Waals surface area contributed by atoms with E-state index >= 15 is 0 Å². The number of rotatable bonds is 4. The van der Waals surface area contributed by atoms with E-state index in [2.05, 4.69) is 10.3 Å². The number of fused-ring (bicyclic) bond motifs is 2. The number of nitrogens with zero attached hydrogens (tertiary/aromatic N) is 2. The predicted molar refractivity (Wildman–Crippen MR) is 94.3 cm³/mol. The quantitative estimate of drug-likeness (QED) is 0.663. The van der Waals surface area contributed by atoms with Crippen molar-refractivity contribution in [1.82, 2.24) is 10.2 Å². The number of aliphatic imine (C=N–C) groups is 1. The third-order valence-electron chi connectivity index (χ3n) is 5.69. The number of imide groups is 2. The SMILES string of the molecule is COc1cccc(N=C[C@@H]2C(=O)NC(=O)N([C@H]3C[C@H]4CC[C@H]3C4)C2=O)c1. The van der Waals surface area contributed by atoms with Crippen molar-refractivity contribution in [1.29, 1.82) is 0 Å². The predicted octanol–water partition coefficient (Wildman–Crippen LogP) is 2.28. The van der Waals surface area contributed by atoms with Crippen LogP contribution in [0.15, 0.2) is 29.3 Å². The molecule has 1 aromatic rings. The third-order valence-corrected chi connectivity index (χ3v) is 5.69. The molecule has 26 heavy (non-hydrogen) atoms. The summed E-state index contributed by atoms with van der Waals surface area (Å²) in [6.07, 6.45) is 5.45. The van der Waals surface area contributed by atoms with E-state index in [1.807, 2.05) is 0 Å². The molecule has 3 fully saturated rings. The van der Waals surface area contributed by atoms with Crippen LogP contribution in [0, 0.1) is 17.8 Å². The van der Waals surface area contributed by atoms with Crippen LogP contribution in [0.3, 0.4) is 0 Å². The molecule has 2 saturated carbocycles. The Morgan fingerprint density at radius 2 is 2.08 bits per heavy atom. The van der Waals surface area contributed by atoms with Crippen molar-refractivity contribution in [2.24, 2.45) is 22.7 Å². The van der Waals surface area contributed by atoms with E-state index in [0.717, 1.165) is 19.3 Å². The summed E-state index contributed by atoms with van der Waals surface area (Å²) in [5, 5.41) is 2.32. The van der Waals surface area contributed by atoms with E-state index in [9.17, 15) is 14.4 Å². The summed E-state index contributed by atoms with van der Waals surface area (Å²) < 4.78 is 5.14. The molecule has 4 amide bonds. The first-order chi connectivity index (χ1) is 12.6. The number of benzene rings is 1. The molecule has 4 rings (SSSR count). The number of urea groups is 1. The van der Waals surface area contributed by atoms with E-state index in [-0.39, 0.29) is 6.04 Å². The summed E-state index contributed by atoms with van der Waals surface area (Å²) in [5.41, 5.74) is 0.577. The van der Waals surface area contributed by atoms with Crippen LogP contribution < -0.4 is 10.1 Å². The van der Waals surface area contributed by atoms with Gasteiger partial charge >= 0.3 is 6.03 Å². The van der Waals surface area contributed by atoms with Crippen LogP contribution in [-0.4, -0.2) is 42.1 Å². The molecule has 2 bridgehead atoms. The number of methoxy groups -OCH3 is 1. The monoisotopic (exact) mass is 355 g/mol. The maximum Gasteiger partial charge on any atom is 0.331 e. The zero-order chi connectivity index (χ0) is 18.3. The standard InChI is InChI=1S/C19H21N3O4/c1-26-14-4-2-3-13(9-14)20-10-15-17(23)21-19(25)22(18(15)24)16-8-11-5-6-12(16)7-11/h2-4,9-12,15-16H,5-8H2,1H3,(H,21,23,25)/t11-,12-,15+,16-/m0/s1. The molecule has 4 atom stereocenters. The van der Waals surface area contributed by atoms with Gasteiger partial charge < -0.3 is 4.74 Å². The van der Waals surface area contributed by atoms with Gasteiger partial charge in [-0.2, -0.15) is 0 Å². The number of hydrogen-bond acceptors (Lipinski definition) is 5. The van der Waals surface area contributed by atoms with Crippen LogP contribution in [0.2, 0.25) is 0 Å². The van der Waals surface area contributed by atoms with Gasteiger partial charge in [0.05, 0.1) is 12.8 Å². The van der Waals surface area contributed by atoms with Gasteiger partial charge in [0, 0.05) is 18.3 Å². The minimum Gasteiger partial charge on any atom is -0.497 e. The Labute approximate surface area is 151 Å². The molecule has 0 unspecified atom stereocenters. The zero-order valence-electron chi connectivity index (χ0n) is 14.6. The summed E-state index contributed by atoms with van der Waals surface area (Å²) in [7, 11) is 1.56. The lowest BCUT2D eigenvalue weighted by molar-refractivity contribution is -0.141. The van der Waals surface area contributed by atoms with Crippen molar-refractivity contribution in [3.05, 3.63) is 24.3 Å². The van der Waals surface area contributed by atoms with Crippen molar-refractivity contribution >= 4 is 29.7 Å². The van der Waals surface area contributed by atoms with Gasteiger partial charge in [-0.05, 0) is 43.2 Å². The van der Waals surface area contributed by atoms with E-state index in [4.69, 9.17) is 4.74 Å². The second-order valence-electron chi connectivity index (χ2n) is 7.20. The van der Waals surface area contributed by atoms with Crippen molar-refractivity contribution in [3.63, 3.8) is 0 Å². The van der Waals surface area contributed by atoms with Gasteiger partial charge in [-0.1, -0.05) is 12.5 Å². The molecule has 1 heterocycles. The Hall–Kier alpha value is -2.70. The van der Waals surface area contributed by atoms with Crippen LogP contribution in [0.25, 0.3) is 0 Å². The number of amides is 4. The lowest BCUT2D eigenvalue weighted by Gasteiger charge is -2.36. The first-order valence-electron chi connectivity index (χ1n) is 8.93. The van der Waals surface area contributed by atoms with E-state index < -0.39 is 23.8 Å². The van der Waals surface area contributed by atoms with Gasteiger partial charge in [0.1, 0.15) is 5.75 Å². The maximum absolute atomic E-state index is 12.9. The van der Waals surface area contributed by atoms with Crippen molar-refractivity contribution in [3.8, 4) is 5.75 Å². The Morgan fingerprint density at radius 3 is 2.77 bits per heavy atom. The number of barbiturate groups is 1. The molecule has 7 nitrogen and oxygen atoms in total. The summed E-state index contributed by atoms with van der Waals surface area (Å²) in [6, 6.07) is 6.33.